The van der Waals surface area contributed by atoms with Crippen molar-refractivity contribution in [3.63, 3.8) is 0 Å². The van der Waals surface area contributed by atoms with Gasteiger partial charge in [0, 0.05) is 25.3 Å². The monoisotopic (exact) mass is 496 g/mol. The number of pyridine rings is 1. The maximum atomic E-state index is 12.3. The van der Waals surface area contributed by atoms with Gasteiger partial charge in [0.15, 0.2) is 0 Å². The molecule has 3 rings (SSSR count). The summed E-state index contributed by atoms with van der Waals surface area (Å²) in [6.07, 6.45) is 1.56. The van der Waals surface area contributed by atoms with E-state index in [0.29, 0.717) is 17.9 Å². The molecule has 1 aromatic heterocycles. The van der Waals surface area contributed by atoms with Crippen molar-refractivity contribution in [1.82, 2.24) is 4.98 Å². The molecule has 1 heterocycles. The highest BCUT2D eigenvalue weighted by Gasteiger charge is 2.17. The number of ether oxygens (including phenoxy) is 1. The van der Waals surface area contributed by atoms with Crippen molar-refractivity contribution >= 4 is 66.8 Å². The molecule has 0 amide bonds. The lowest BCUT2D eigenvalue weighted by molar-refractivity contribution is 0.0527. The Kier molecular flexibility index (Phi) is 5.35. The Morgan fingerprint density at radius 2 is 2.00 bits per heavy atom. The van der Waals surface area contributed by atoms with Crippen LogP contribution in [0.2, 0.25) is 0 Å². The molecule has 24 heavy (non-hydrogen) atoms. The molecule has 1 N–H and O–H groups in total. The van der Waals surface area contributed by atoms with Gasteiger partial charge in [-0.2, -0.15) is 0 Å². The predicted octanol–water partition coefficient (Wildman–Crippen LogP) is 5.52. The van der Waals surface area contributed by atoms with Crippen LogP contribution in [0.3, 0.4) is 0 Å². The molecule has 0 unspecified atom stereocenters. The van der Waals surface area contributed by atoms with E-state index in [9.17, 15) is 4.79 Å². The van der Waals surface area contributed by atoms with Crippen molar-refractivity contribution in [1.29, 1.82) is 0 Å². The van der Waals surface area contributed by atoms with Crippen molar-refractivity contribution in [2.45, 2.75) is 6.92 Å². The highest BCUT2D eigenvalue weighted by molar-refractivity contribution is 14.1. The van der Waals surface area contributed by atoms with E-state index >= 15 is 0 Å². The lowest BCUT2D eigenvalue weighted by Crippen LogP contribution is -2.09. The molecule has 2 aromatic carbocycles. The van der Waals surface area contributed by atoms with Crippen LogP contribution < -0.4 is 5.32 Å². The standard InChI is InChI=1S/C18H14BrIN2O2/c1-2-24-18(23)15-10-21-16-8-3-11(19)9-14(16)17(15)22-13-6-4-12(20)5-7-13/h3-10H,2H2,1H3,(H,21,22). The van der Waals surface area contributed by atoms with Gasteiger partial charge in [0.1, 0.15) is 5.56 Å². The first-order valence-electron chi connectivity index (χ1n) is 7.36. The summed E-state index contributed by atoms with van der Waals surface area (Å²) in [4.78, 5) is 16.7. The Hall–Kier alpha value is -1.67. The Bertz CT molecular complexity index is 897. The highest BCUT2D eigenvalue weighted by Crippen LogP contribution is 2.31. The molecule has 0 fully saturated rings. The summed E-state index contributed by atoms with van der Waals surface area (Å²) in [5.74, 6) is -0.389. The zero-order chi connectivity index (χ0) is 17.1. The van der Waals surface area contributed by atoms with Crippen LogP contribution in [0.1, 0.15) is 17.3 Å². The van der Waals surface area contributed by atoms with Crippen LogP contribution in [0.5, 0.6) is 0 Å². The van der Waals surface area contributed by atoms with E-state index in [4.69, 9.17) is 4.74 Å². The van der Waals surface area contributed by atoms with Crippen LogP contribution >= 0.6 is 38.5 Å². The molecule has 0 aliphatic carbocycles. The molecule has 6 heteroatoms. The van der Waals surface area contributed by atoms with Crippen LogP contribution in [-0.4, -0.2) is 17.6 Å². The van der Waals surface area contributed by atoms with Gasteiger partial charge in [0.25, 0.3) is 0 Å². The second-order valence-electron chi connectivity index (χ2n) is 5.06. The van der Waals surface area contributed by atoms with Gasteiger partial charge in [-0.1, -0.05) is 15.9 Å². The summed E-state index contributed by atoms with van der Waals surface area (Å²) in [6, 6.07) is 13.7. The SMILES string of the molecule is CCOC(=O)c1cnc2ccc(Br)cc2c1Nc1ccc(I)cc1. The number of nitrogens with one attached hydrogen (secondary N) is 1. The lowest BCUT2D eigenvalue weighted by atomic mass is 10.1. The van der Waals surface area contributed by atoms with Gasteiger partial charge in [0.05, 0.1) is 17.8 Å². The van der Waals surface area contributed by atoms with Crippen LogP contribution in [0.4, 0.5) is 11.4 Å². The number of rotatable bonds is 4. The maximum absolute atomic E-state index is 12.3. The second-order valence-corrected chi connectivity index (χ2v) is 7.22. The normalized spacial score (nSPS) is 10.6. The number of carbonyl (C=O) groups is 1. The van der Waals surface area contributed by atoms with Crippen molar-refractivity contribution in [2.75, 3.05) is 11.9 Å². The fourth-order valence-corrected chi connectivity index (χ4v) is 3.06. The number of fused-ring (bicyclic) bond motifs is 1. The van der Waals surface area contributed by atoms with E-state index in [1.807, 2.05) is 42.5 Å². The third kappa shape index (κ3) is 3.70. The van der Waals surface area contributed by atoms with Gasteiger partial charge in [-0.15, -0.1) is 0 Å². The van der Waals surface area contributed by atoms with Gasteiger partial charge in [-0.25, -0.2) is 4.79 Å². The van der Waals surface area contributed by atoms with Crippen molar-refractivity contribution in [3.8, 4) is 0 Å². The number of aromatic nitrogens is 1. The molecule has 0 aliphatic rings. The molecular formula is C18H14BrIN2O2. The fourth-order valence-electron chi connectivity index (χ4n) is 2.34. The molecule has 0 saturated carbocycles. The number of esters is 1. The molecule has 3 aromatic rings. The Morgan fingerprint density at radius 1 is 1.25 bits per heavy atom. The minimum absolute atomic E-state index is 0.318. The second kappa shape index (κ2) is 7.48. The zero-order valence-corrected chi connectivity index (χ0v) is 16.6. The van der Waals surface area contributed by atoms with Gasteiger partial charge in [-0.05, 0) is 72.0 Å². The third-order valence-electron chi connectivity index (χ3n) is 3.44. The number of nitrogens with zero attached hydrogens (tertiary/aromatic N) is 1. The number of benzene rings is 2. The first kappa shape index (κ1) is 17.2. The van der Waals surface area contributed by atoms with Crippen LogP contribution in [0.25, 0.3) is 10.9 Å². The van der Waals surface area contributed by atoms with Crippen LogP contribution in [0, 0.1) is 3.57 Å². The Balaban J connectivity index is 2.16. The number of hydrogen-bond acceptors (Lipinski definition) is 4. The zero-order valence-electron chi connectivity index (χ0n) is 12.8. The van der Waals surface area contributed by atoms with Gasteiger partial charge < -0.3 is 10.1 Å². The topological polar surface area (TPSA) is 51.2 Å². The summed E-state index contributed by atoms with van der Waals surface area (Å²) in [6.45, 7) is 2.10. The summed E-state index contributed by atoms with van der Waals surface area (Å²) >= 11 is 5.74. The lowest BCUT2D eigenvalue weighted by Gasteiger charge is -2.14. The first-order valence-corrected chi connectivity index (χ1v) is 9.23. The first-order chi connectivity index (χ1) is 11.6. The Labute approximate surface area is 161 Å². The minimum Gasteiger partial charge on any atom is -0.462 e. The molecule has 0 spiro atoms. The van der Waals surface area contributed by atoms with E-state index in [1.165, 1.54) is 0 Å². The average molecular weight is 497 g/mol. The molecule has 0 radical (unpaired) electrons. The van der Waals surface area contributed by atoms with E-state index in [0.717, 1.165) is 24.6 Å². The van der Waals surface area contributed by atoms with Crippen molar-refractivity contribution in [2.24, 2.45) is 0 Å². The summed E-state index contributed by atoms with van der Waals surface area (Å²) in [7, 11) is 0. The fraction of sp³-hybridized carbons (Fsp3) is 0.111. The number of halogens is 2. The average Bonchev–Trinajstić information content (AvgIpc) is 2.57. The highest BCUT2D eigenvalue weighted by atomic mass is 127. The summed E-state index contributed by atoms with van der Waals surface area (Å²) in [5.41, 5.74) is 2.81. The summed E-state index contributed by atoms with van der Waals surface area (Å²) < 4.78 is 7.24. The largest absolute Gasteiger partial charge is 0.462 e. The summed E-state index contributed by atoms with van der Waals surface area (Å²) in [5, 5.41) is 4.20. The van der Waals surface area contributed by atoms with Crippen molar-refractivity contribution < 1.29 is 9.53 Å². The van der Waals surface area contributed by atoms with Gasteiger partial charge in [-0.3, -0.25) is 4.98 Å². The quantitative estimate of drug-likeness (QED) is 0.381. The number of anilines is 2. The Morgan fingerprint density at radius 3 is 2.71 bits per heavy atom. The number of carbonyl (C=O) groups excluding carboxylic acids is 1. The molecule has 0 saturated heterocycles. The van der Waals surface area contributed by atoms with Gasteiger partial charge >= 0.3 is 5.97 Å². The maximum Gasteiger partial charge on any atom is 0.341 e. The van der Waals surface area contributed by atoms with Crippen molar-refractivity contribution in [3.05, 3.63) is 62.3 Å². The van der Waals surface area contributed by atoms with Crippen LogP contribution in [-0.2, 0) is 4.74 Å². The number of hydrogen-bond donors (Lipinski definition) is 1. The van der Waals surface area contributed by atoms with Gasteiger partial charge in [0.2, 0.25) is 0 Å². The molecule has 0 bridgehead atoms. The van der Waals surface area contributed by atoms with E-state index in [2.05, 4.69) is 48.8 Å². The molecular weight excluding hydrogens is 483 g/mol. The van der Waals surface area contributed by atoms with Crippen LogP contribution in [0.15, 0.2) is 53.1 Å². The molecule has 0 aliphatic heterocycles. The van der Waals surface area contributed by atoms with E-state index < -0.39 is 0 Å². The minimum atomic E-state index is -0.389. The molecule has 4 nitrogen and oxygen atoms in total. The van der Waals surface area contributed by atoms with E-state index in [1.54, 1.807) is 13.1 Å². The molecule has 122 valence electrons. The smallest absolute Gasteiger partial charge is 0.341 e. The van der Waals surface area contributed by atoms with E-state index in [-0.39, 0.29) is 5.97 Å². The third-order valence-corrected chi connectivity index (χ3v) is 4.65. The predicted molar refractivity (Wildman–Crippen MR) is 108 cm³/mol. The molecule has 0 atom stereocenters.